The number of pyridine rings is 1. The Morgan fingerprint density at radius 2 is 1.75 bits per heavy atom. The van der Waals surface area contributed by atoms with Gasteiger partial charge in [0.15, 0.2) is 0 Å². The first kappa shape index (κ1) is 21.2. The fraction of sp³-hybridized carbons (Fsp3) is 0.167. The van der Waals surface area contributed by atoms with E-state index in [0.717, 1.165) is 0 Å². The summed E-state index contributed by atoms with van der Waals surface area (Å²) in [5, 5.41) is 7.13. The minimum Gasteiger partial charge on any atom is -0.347 e. The zero-order chi connectivity index (χ0) is 22.8. The summed E-state index contributed by atoms with van der Waals surface area (Å²) in [7, 11) is 3.24. The Morgan fingerprint density at radius 1 is 1.06 bits per heavy atom. The molecule has 0 bridgehead atoms. The zero-order valence-electron chi connectivity index (χ0n) is 17.8. The zero-order valence-corrected chi connectivity index (χ0v) is 17.8. The highest BCUT2D eigenvalue weighted by molar-refractivity contribution is 6.08. The second kappa shape index (κ2) is 8.58. The normalized spacial score (nSPS) is 11.9. The van der Waals surface area contributed by atoms with Crippen LogP contribution in [0.15, 0.2) is 65.2 Å². The summed E-state index contributed by atoms with van der Waals surface area (Å²) in [5.41, 5.74) is 1.87. The topological polar surface area (TPSA) is 88.3 Å². The summed E-state index contributed by atoms with van der Waals surface area (Å²) in [6, 6.07) is 15.7. The van der Waals surface area contributed by atoms with Gasteiger partial charge in [0, 0.05) is 19.7 Å². The molecule has 2 heterocycles. The fourth-order valence-corrected chi connectivity index (χ4v) is 3.48. The summed E-state index contributed by atoms with van der Waals surface area (Å²) in [4.78, 5) is 32.0. The molecule has 1 N–H and O–H groups in total. The van der Waals surface area contributed by atoms with Crippen molar-refractivity contribution in [2.45, 2.75) is 13.0 Å². The van der Waals surface area contributed by atoms with Crippen LogP contribution >= 0.6 is 0 Å². The van der Waals surface area contributed by atoms with Gasteiger partial charge in [0.2, 0.25) is 5.91 Å². The maximum absolute atomic E-state index is 14.4. The third-order valence-electron chi connectivity index (χ3n) is 5.11. The second-order valence-electron chi connectivity index (χ2n) is 7.53. The van der Waals surface area contributed by atoms with Crippen molar-refractivity contribution in [3.63, 3.8) is 0 Å². The summed E-state index contributed by atoms with van der Waals surface area (Å²) in [6.45, 7) is 1.69. The number of rotatable bonds is 5. The van der Waals surface area contributed by atoms with Gasteiger partial charge in [-0.1, -0.05) is 47.6 Å². The van der Waals surface area contributed by atoms with Gasteiger partial charge in [-0.3, -0.25) is 9.59 Å². The number of carbonyl (C=O) groups is 2. The predicted molar refractivity (Wildman–Crippen MR) is 117 cm³/mol. The Morgan fingerprint density at radius 3 is 2.44 bits per heavy atom. The Bertz CT molecular complexity index is 1300. The molecule has 1 atom stereocenters. The van der Waals surface area contributed by atoms with Crippen molar-refractivity contribution in [2.24, 2.45) is 0 Å². The number of halogens is 1. The first-order valence-corrected chi connectivity index (χ1v) is 9.95. The van der Waals surface area contributed by atoms with E-state index < -0.39 is 17.8 Å². The molecule has 4 rings (SSSR count). The maximum atomic E-state index is 14.4. The minimum atomic E-state index is -0.904. The number of amides is 2. The molecule has 2 aromatic carbocycles. The quantitative estimate of drug-likeness (QED) is 0.517. The number of fused-ring (bicyclic) bond motifs is 1. The molecule has 0 fully saturated rings. The van der Waals surface area contributed by atoms with Crippen LogP contribution in [0, 0.1) is 12.7 Å². The van der Waals surface area contributed by atoms with Gasteiger partial charge in [-0.15, -0.1) is 0 Å². The van der Waals surface area contributed by atoms with E-state index in [2.05, 4.69) is 15.5 Å². The van der Waals surface area contributed by atoms with Gasteiger partial charge in [0.25, 0.3) is 11.6 Å². The third kappa shape index (κ3) is 3.94. The van der Waals surface area contributed by atoms with Gasteiger partial charge in [-0.25, -0.2) is 9.37 Å². The Labute approximate surface area is 183 Å². The lowest BCUT2D eigenvalue weighted by Gasteiger charge is -2.22. The summed E-state index contributed by atoms with van der Waals surface area (Å²) in [5.74, 6) is -1.29. The maximum Gasteiger partial charge on any atom is 0.259 e. The molecular formula is C24H21FN4O3. The van der Waals surface area contributed by atoms with Crippen LogP contribution in [0.1, 0.15) is 27.7 Å². The van der Waals surface area contributed by atoms with Gasteiger partial charge < -0.3 is 14.7 Å². The van der Waals surface area contributed by atoms with E-state index in [9.17, 15) is 14.0 Å². The largest absolute Gasteiger partial charge is 0.347 e. The summed E-state index contributed by atoms with van der Waals surface area (Å²) in [6.07, 6.45) is 0. The highest BCUT2D eigenvalue weighted by Crippen LogP contribution is 2.29. The van der Waals surface area contributed by atoms with Gasteiger partial charge >= 0.3 is 0 Å². The van der Waals surface area contributed by atoms with Crippen molar-refractivity contribution in [1.82, 2.24) is 20.4 Å². The number of carbonyl (C=O) groups excluding carboxylic acids is 2. The van der Waals surface area contributed by atoms with Crippen LogP contribution < -0.4 is 5.32 Å². The molecule has 0 aliphatic rings. The highest BCUT2D eigenvalue weighted by atomic mass is 19.1. The van der Waals surface area contributed by atoms with Crippen molar-refractivity contribution in [3.05, 3.63) is 83.3 Å². The van der Waals surface area contributed by atoms with Crippen molar-refractivity contribution in [3.8, 4) is 11.3 Å². The van der Waals surface area contributed by atoms with Crippen LogP contribution in [0.4, 0.5) is 4.39 Å². The molecule has 4 aromatic rings. The van der Waals surface area contributed by atoms with E-state index in [4.69, 9.17) is 4.52 Å². The number of hydrogen-bond donors (Lipinski definition) is 1. The molecule has 8 heteroatoms. The van der Waals surface area contributed by atoms with E-state index in [1.54, 1.807) is 63.5 Å². The highest BCUT2D eigenvalue weighted by Gasteiger charge is 2.27. The second-order valence-corrected chi connectivity index (χ2v) is 7.53. The van der Waals surface area contributed by atoms with Crippen molar-refractivity contribution >= 4 is 22.9 Å². The number of likely N-dealkylation sites (N-methyl/N-ethyl adjacent to an activating group) is 1. The van der Waals surface area contributed by atoms with Crippen LogP contribution in [0.3, 0.4) is 0 Å². The van der Waals surface area contributed by atoms with Crippen LogP contribution in [0.5, 0.6) is 0 Å². The molecular weight excluding hydrogens is 411 g/mol. The van der Waals surface area contributed by atoms with E-state index in [-0.39, 0.29) is 28.4 Å². The lowest BCUT2D eigenvalue weighted by atomic mass is 10.0. The fourth-order valence-electron chi connectivity index (χ4n) is 3.48. The lowest BCUT2D eigenvalue weighted by Crippen LogP contribution is -2.40. The number of nitrogens with one attached hydrogen (secondary N) is 1. The first-order valence-electron chi connectivity index (χ1n) is 9.95. The molecule has 0 aliphatic carbocycles. The molecule has 162 valence electrons. The molecule has 7 nitrogen and oxygen atoms in total. The van der Waals surface area contributed by atoms with Gasteiger partial charge in [0.05, 0.1) is 22.3 Å². The average molecular weight is 432 g/mol. The SMILES string of the molecule is Cc1noc2nc(-c3ccccc3F)cc(C(=O)N[C@H](C(=O)N(C)C)c3ccccc3)c12. The Balaban J connectivity index is 1.81. The number of hydrogen-bond acceptors (Lipinski definition) is 5. The first-order chi connectivity index (χ1) is 15.4. The average Bonchev–Trinajstić information content (AvgIpc) is 3.17. The van der Waals surface area contributed by atoms with Crippen molar-refractivity contribution < 1.29 is 18.5 Å². The number of aromatic nitrogens is 2. The molecule has 0 saturated heterocycles. The number of aryl methyl sites for hydroxylation is 1. The van der Waals surface area contributed by atoms with Crippen LogP contribution in [-0.2, 0) is 4.79 Å². The third-order valence-corrected chi connectivity index (χ3v) is 5.11. The number of nitrogens with zero attached hydrogens (tertiary/aromatic N) is 3. The Kier molecular flexibility index (Phi) is 5.68. The molecule has 2 aromatic heterocycles. The summed E-state index contributed by atoms with van der Waals surface area (Å²) >= 11 is 0. The van der Waals surface area contributed by atoms with E-state index in [1.807, 2.05) is 6.07 Å². The van der Waals surface area contributed by atoms with E-state index in [1.165, 1.54) is 17.0 Å². The molecule has 2 amide bonds. The standard InChI is InChI=1S/C24H21FN4O3/c1-14-20-17(13-19(26-23(20)32-28-14)16-11-7-8-12-18(16)25)22(30)27-21(24(31)29(2)3)15-9-5-4-6-10-15/h4-13,21H,1-3H3,(H,27,30)/t21-/m0/s1. The molecule has 0 unspecified atom stereocenters. The molecule has 0 spiro atoms. The molecule has 0 saturated carbocycles. The molecule has 32 heavy (non-hydrogen) atoms. The summed E-state index contributed by atoms with van der Waals surface area (Å²) < 4.78 is 19.7. The van der Waals surface area contributed by atoms with E-state index in [0.29, 0.717) is 16.6 Å². The van der Waals surface area contributed by atoms with Crippen molar-refractivity contribution in [2.75, 3.05) is 14.1 Å². The lowest BCUT2D eigenvalue weighted by molar-refractivity contribution is -0.130. The molecule has 0 aliphatic heterocycles. The van der Waals surface area contributed by atoms with Crippen LogP contribution in [0.25, 0.3) is 22.4 Å². The van der Waals surface area contributed by atoms with Crippen LogP contribution in [-0.4, -0.2) is 41.0 Å². The Hall–Kier alpha value is -4.07. The van der Waals surface area contributed by atoms with Gasteiger partial charge in [-0.2, -0.15) is 0 Å². The smallest absolute Gasteiger partial charge is 0.259 e. The van der Waals surface area contributed by atoms with E-state index >= 15 is 0 Å². The number of benzene rings is 2. The van der Waals surface area contributed by atoms with Gasteiger partial charge in [0.1, 0.15) is 11.9 Å². The van der Waals surface area contributed by atoms with Crippen LogP contribution in [0.2, 0.25) is 0 Å². The predicted octanol–water partition coefficient (Wildman–Crippen LogP) is 3.90. The van der Waals surface area contributed by atoms with Gasteiger partial charge in [-0.05, 0) is 30.7 Å². The molecule has 0 radical (unpaired) electrons. The monoisotopic (exact) mass is 432 g/mol. The minimum absolute atomic E-state index is 0.114. The van der Waals surface area contributed by atoms with Crippen molar-refractivity contribution in [1.29, 1.82) is 0 Å².